The first-order valence-corrected chi connectivity index (χ1v) is 11.5. The van der Waals surface area contributed by atoms with Gasteiger partial charge in [-0.25, -0.2) is 9.98 Å². The van der Waals surface area contributed by atoms with E-state index in [4.69, 9.17) is 9.73 Å². The lowest BCUT2D eigenvalue weighted by Gasteiger charge is -2.24. The van der Waals surface area contributed by atoms with Gasteiger partial charge in [-0.15, -0.1) is 13.2 Å². The van der Waals surface area contributed by atoms with Crippen LogP contribution >= 0.6 is 11.3 Å². The van der Waals surface area contributed by atoms with Crippen molar-refractivity contribution in [3.8, 4) is 16.9 Å². The Labute approximate surface area is 198 Å². The van der Waals surface area contributed by atoms with E-state index in [1.54, 1.807) is 36.0 Å². The van der Waals surface area contributed by atoms with Gasteiger partial charge in [-0.05, 0) is 57.8 Å². The van der Waals surface area contributed by atoms with E-state index in [1.165, 1.54) is 17.7 Å². The number of hydrogen-bond acceptors (Lipinski definition) is 5. The minimum atomic E-state index is -4.72. The highest BCUT2D eigenvalue weighted by Crippen LogP contribution is 2.31. The van der Waals surface area contributed by atoms with Crippen molar-refractivity contribution < 1.29 is 22.6 Å². The number of thiophene rings is 1. The molecular formula is C25H20F3N3O2S. The largest absolute Gasteiger partial charge is 0.573 e. The lowest BCUT2D eigenvalue weighted by Crippen LogP contribution is -2.36. The molecule has 9 heteroatoms. The first-order chi connectivity index (χ1) is 16.4. The Bertz CT molecular complexity index is 1250. The van der Waals surface area contributed by atoms with Crippen LogP contribution in [-0.2, 0) is 17.7 Å². The fraction of sp³-hybridized carbons (Fsp3) is 0.200. The zero-order valence-electron chi connectivity index (χ0n) is 17.9. The molecule has 34 heavy (non-hydrogen) atoms. The summed E-state index contributed by atoms with van der Waals surface area (Å²) in [5, 5.41) is 4.14. The molecule has 0 amide bonds. The number of imidazole rings is 1. The Balaban J connectivity index is 1.40. The van der Waals surface area contributed by atoms with E-state index in [2.05, 4.69) is 21.2 Å². The van der Waals surface area contributed by atoms with Crippen LogP contribution in [0.3, 0.4) is 0 Å². The molecule has 2 aromatic heterocycles. The Morgan fingerprint density at radius 1 is 1.00 bits per heavy atom. The summed E-state index contributed by atoms with van der Waals surface area (Å²) in [6.07, 6.45) is 1.02. The topological polar surface area (TPSA) is 48.6 Å². The van der Waals surface area contributed by atoms with Gasteiger partial charge in [0, 0.05) is 24.4 Å². The molecule has 0 spiro atoms. The van der Waals surface area contributed by atoms with E-state index >= 15 is 0 Å². The summed E-state index contributed by atoms with van der Waals surface area (Å²) in [5.41, 5.74) is 3.36. The van der Waals surface area contributed by atoms with Crippen molar-refractivity contribution in [1.29, 1.82) is 0 Å². The molecule has 5 rings (SSSR count). The van der Waals surface area contributed by atoms with Crippen molar-refractivity contribution in [2.75, 3.05) is 6.61 Å². The highest BCUT2D eigenvalue weighted by Gasteiger charge is 2.38. The highest BCUT2D eigenvalue weighted by atomic mass is 32.1. The monoisotopic (exact) mass is 483 g/mol. The number of rotatable bonds is 7. The van der Waals surface area contributed by atoms with Crippen LogP contribution in [0.25, 0.3) is 11.1 Å². The molecule has 4 aromatic rings. The second-order valence-electron chi connectivity index (χ2n) is 8.12. The molecule has 5 nitrogen and oxygen atoms in total. The molecule has 1 aliphatic rings. The van der Waals surface area contributed by atoms with Crippen molar-refractivity contribution in [2.45, 2.75) is 24.9 Å². The number of aliphatic imine (C=N–C) groups is 1. The van der Waals surface area contributed by atoms with Crippen LogP contribution < -0.4 is 4.74 Å². The first-order valence-electron chi connectivity index (χ1n) is 10.5. The third-order valence-electron chi connectivity index (χ3n) is 5.53. The summed E-state index contributed by atoms with van der Waals surface area (Å²) < 4.78 is 49.4. The van der Waals surface area contributed by atoms with Gasteiger partial charge in [0.15, 0.2) is 0 Å². The Hall–Kier alpha value is -3.59. The van der Waals surface area contributed by atoms with Crippen LogP contribution in [0, 0.1) is 0 Å². The summed E-state index contributed by atoms with van der Waals surface area (Å²) in [4.78, 5) is 9.08. The minimum Gasteiger partial charge on any atom is -0.475 e. The van der Waals surface area contributed by atoms with Crippen molar-refractivity contribution in [2.24, 2.45) is 4.99 Å². The van der Waals surface area contributed by atoms with Crippen molar-refractivity contribution in [3.63, 3.8) is 0 Å². The van der Waals surface area contributed by atoms with Gasteiger partial charge < -0.3 is 14.0 Å². The van der Waals surface area contributed by atoms with Crippen LogP contribution in [0.15, 0.2) is 89.1 Å². The predicted molar refractivity (Wildman–Crippen MR) is 124 cm³/mol. The standard InChI is InChI=1S/C25H20F3N3O2S/c26-25(27,28)33-22-7-1-18(2-8-22)13-24(15-31-11-10-29-17-31)16-32-23(30-24)20-5-3-19(4-6-20)21-9-12-34-14-21/h1-12,14,17H,13,15-16H2. The molecule has 2 aromatic carbocycles. The molecule has 0 bridgehead atoms. The molecule has 0 saturated carbocycles. The SMILES string of the molecule is FC(F)(F)Oc1ccc(CC2(Cn3ccnc3)COC(c3ccc(-c4ccsc4)cc3)=N2)cc1. The number of nitrogens with zero attached hydrogens (tertiary/aromatic N) is 3. The zero-order chi connectivity index (χ0) is 23.6. The fourth-order valence-corrected chi connectivity index (χ4v) is 4.67. The van der Waals surface area contributed by atoms with Gasteiger partial charge in [0.1, 0.15) is 17.9 Å². The van der Waals surface area contributed by atoms with E-state index in [1.807, 2.05) is 40.4 Å². The van der Waals surface area contributed by atoms with E-state index in [0.29, 0.717) is 25.5 Å². The maximum atomic E-state index is 12.5. The predicted octanol–water partition coefficient (Wildman–Crippen LogP) is 5.97. The van der Waals surface area contributed by atoms with Gasteiger partial charge in [-0.3, -0.25) is 0 Å². The molecule has 3 heterocycles. The fourth-order valence-electron chi connectivity index (χ4n) is 4.00. The van der Waals surface area contributed by atoms with Gasteiger partial charge >= 0.3 is 6.36 Å². The zero-order valence-corrected chi connectivity index (χ0v) is 18.7. The lowest BCUT2D eigenvalue weighted by atomic mass is 9.92. The molecule has 1 unspecified atom stereocenters. The van der Waals surface area contributed by atoms with Crippen LogP contribution in [-0.4, -0.2) is 34.0 Å². The molecule has 1 atom stereocenters. The molecule has 1 aliphatic heterocycles. The number of benzene rings is 2. The molecular weight excluding hydrogens is 463 g/mol. The van der Waals surface area contributed by atoms with Crippen LogP contribution in [0.4, 0.5) is 13.2 Å². The molecule has 174 valence electrons. The maximum absolute atomic E-state index is 12.5. The summed E-state index contributed by atoms with van der Waals surface area (Å²) in [5.74, 6) is 0.298. The smallest absolute Gasteiger partial charge is 0.475 e. The number of hydrogen-bond donors (Lipinski definition) is 0. The minimum absolute atomic E-state index is 0.252. The normalized spacial score (nSPS) is 17.9. The van der Waals surface area contributed by atoms with E-state index in [-0.39, 0.29) is 5.75 Å². The highest BCUT2D eigenvalue weighted by molar-refractivity contribution is 7.08. The second-order valence-corrected chi connectivity index (χ2v) is 8.90. The van der Waals surface area contributed by atoms with Crippen molar-refractivity contribution in [1.82, 2.24) is 9.55 Å². The third kappa shape index (κ3) is 5.14. The Kier molecular flexibility index (Phi) is 5.87. The van der Waals surface area contributed by atoms with E-state index in [9.17, 15) is 13.2 Å². The van der Waals surface area contributed by atoms with Gasteiger partial charge in [-0.2, -0.15) is 11.3 Å². The lowest BCUT2D eigenvalue weighted by molar-refractivity contribution is -0.274. The first kappa shape index (κ1) is 22.2. The van der Waals surface area contributed by atoms with Gasteiger partial charge in [0.05, 0.1) is 12.9 Å². The Morgan fingerprint density at radius 2 is 1.76 bits per heavy atom. The molecule has 0 aliphatic carbocycles. The van der Waals surface area contributed by atoms with Crippen LogP contribution in [0.2, 0.25) is 0 Å². The number of alkyl halides is 3. The average Bonchev–Trinajstić information content (AvgIpc) is 3.57. The van der Waals surface area contributed by atoms with Crippen LogP contribution in [0.1, 0.15) is 11.1 Å². The second kappa shape index (κ2) is 8.98. The molecule has 0 radical (unpaired) electrons. The number of aromatic nitrogens is 2. The summed E-state index contributed by atoms with van der Waals surface area (Å²) in [6.45, 7) is 0.859. The van der Waals surface area contributed by atoms with Crippen LogP contribution in [0.5, 0.6) is 5.75 Å². The number of ether oxygens (including phenoxy) is 2. The molecule has 0 fully saturated rings. The van der Waals surface area contributed by atoms with Crippen molar-refractivity contribution in [3.05, 3.63) is 95.2 Å². The summed E-state index contributed by atoms with van der Waals surface area (Å²) in [7, 11) is 0. The van der Waals surface area contributed by atoms with E-state index < -0.39 is 11.9 Å². The quantitative estimate of drug-likeness (QED) is 0.326. The van der Waals surface area contributed by atoms with E-state index in [0.717, 1.165) is 16.7 Å². The third-order valence-corrected chi connectivity index (χ3v) is 6.21. The number of halogens is 3. The van der Waals surface area contributed by atoms with Crippen molar-refractivity contribution >= 4 is 17.2 Å². The van der Waals surface area contributed by atoms with Gasteiger partial charge in [0.25, 0.3) is 0 Å². The Morgan fingerprint density at radius 3 is 2.41 bits per heavy atom. The maximum Gasteiger partial charge on any atom is 0.573 e. The molecule has 0 N–H and O–H groups in total. The van der Waals surface area contributed by atoms with Gasteiger partial charge in [-0.1, -0.05) is 24.3 Å². The summed E-state index contributed by atoms with van der Waals surface area (Å²) in [6, 6.07) is 16.0. The molecule has 0 saturated heterocycles. The van der Waals surface area contributed by atoms with Gasteiger partial charge in [0.2, 0.25) is 5.90 Å². The summed E-state index contributed by atoms with van der Waals surface area (Å²) >= 11 is 1.65. The average molecular weight is 484 g/mol.